The van der Waals surface area contributed by atoms with Crippen LogP contribution >= 0.6 is 0 Å². The second-order valence-corrected chi connectivity index (χ2v) is 12.1. The van der Waals surface area contributed by atoms with Crippen molar-refractivity contribution in [3.8, 4) is 5.75 Å². The Bertz CT molecular complexity index is 1350. The number of aromatic hydroxyl groups is 1. The number of pyridine rings is 1. The van der Waals surface area contributed by atoms with Crippen molar-refractivity contribution in [2.75, 3.05) is 19.6 Å². The van der Waals surface area contributed by atoms with Gasteiger partial charge < -0.3 is 25.6 Å². The van der Waals surface area contributed by atoms with E-state index < -0.39 is 23.4 Å². The number of fused-ring (bicyclic) bond motifs is 2. The fourth-order valence-corrected chi connectivity index (χ4v) is 7.62. The molecule has 2 amide bonds. The molecule has 4 aliphatic rings. The van der Waals surface area contributed by atoms with Crippen LogP contribution in [0.2, 0.25) is 0 Å². The number of nitrogens with zero attached hydrogens (tertiary/aromatic N) is 2. The third-order valence-corrected chi connectivity index (χ3v) is 9.88. The van der Waals surface area contributed by atoms with E-state index in [4.69, 9.17) is 5.73 Å². The molecule has 0 bridgehead atoms. The summed E-state index contributed by atoms with van der Waals surface area (Å²) in [5, 5.41) is 10.5. The van der Waals surface area contributed by atoms with Gasteiger partial charge in [-0.3, -0.25) is 14.4 Å². The average Bonchev–Trinajstić information content (AvgIpc) is 3.56. The smallest absolute Gasteiger partial charge is 0.261 e. The maximum Gasteiger partial charge on any atom is 0.261 e. The standard InChI is InChI=1S/C30H38N4O4/c1-17-5-8-21(35)14-23(17)30-9-11-33(16-19-6-7-19)18(2)24(30)13-20-12-22(28(37)32-25(20)15-30)29(38)34-10-3-4-26(34)27(31)36/h5,8,12,14,18-19,24,26,35H,3-4,6-7,9-11,13,15-16H2,1-2H3,(H2,31,36)(H,32,37)/t18-,24+,26+,30-/m1/s1. The van der Waals surface area contributed by atoms with Gasteiger partial charge in [0, 0.05) is 30.2 Å². The number of H-pyrrole nitrogens is 1. The van der Waals surface area contributed by atoms with Gasteiger partial charge in [0.2, 0.25) is 5.91 Å². The van der Waals surface area contributed by atoms with E-state index in [1.165, 1.54) is 17.7 Å². The zero-order valence-corrected chi connectivity index (χ0v) is 22.3. The van der Waals surface area contributed by atoms with E-state index in [2.05, 4.69) is 23.7 Å². The van der Waals surface area contributed by atoms with Crippen LogP contribution in [0.3, 0.4) is 0 Å². The van der Waals surface area contributed by atoms with Crippen molar-refractivity contribution in [3.05, 3.63) is 62.6 Å². The Morgan fingerprint density at radius 2 is 1.97 bits per heavy atom. The van der Waals surface area contributed by atoms with Gasteiger partial charge in [0.1, 0.15) is 17.4 Å². The van der Waals surface area contributed by atoms with Crippen LogP contribution in [0.15, 0.2) is 29.1 Å². The highest BCUT2D eigenvalue weighted by Gasteiger charge is 2.52. The Morgan fingerprint density at radius 1 is 1.18 bits per heavy atom. The number of amides is 2. The van der Waals surface area contributed by atoms with E-state index in [1.54, 1.807) is 12.1 Å². The summed E-state index contributed by atoms with van der Waals surface area (Å²) < 4.78 is 0. The first-order valence-corrected chi connectivity index (χ1v) is 14.1. The maximum atomic E-state index is 13.4. The normalized spacial score (nSPS) is 29.1. The number of hydrogen-bond donors (Lipinski definition) is 3. The van der Waals surface area contributed by atoms with E-state index in [0.29, 0.717) is 31.8 Å². The summed E-state index contributed by atoms with van der Waals surface area (Å²) in [5.74, 6) is 0.387. The minimum atomic E-state index is -0.659. The van der Waals surface area contributed by atoms with Crippen molar-refractivity contribution in [2.24, 2.45) is 17.6 Å². The van der Waals surface area contributed by atoms with Crippen LogP contribution in [0.4, 0.5) is 0 Å². The number of rotatable bonds is 5. The highest BCUT2D eigenvalue weighted by atomic mass is 16.3. The van der Waals surface area contributed by atoms with Crippen LogP contribution in [0, 0.1) is 18.8 Å². The molecule has 38 heavy (non-hydrogen) atoms. The molecular weight excluding hydrogens is 480 g/mol. The molecule has 2 aliphatic carbocycles. The number of aromatic nitrogens is 1. The number of hydrogen-bond acceptors (Lipinski definition) is 5. The molecule has 0 unspecified atom stereocenters. The summed E-state index contributed by atoms with van der Waals surface area (Å²) in [5.41, 5.74) is 9.20. The molecule has 1 aromatic carbocycles. The number of aryl methyl sites for hydroxylation is 1. The summed E-state index contributed by atoms with van der Waals surface area (Å²) in [6, 6.07) is 7.09. The summed E-state index contributed by atoms with van der Waals surface area (Å²) >= 11 is 0. The van der Waals surface area contributed by atoms with Gasteiger partial charge in [-0.1, -0.05) is 6.07 Å². The Labute approximate surface area is 223 Å². The molecule has 1 saturated carbocycles. The Morgan fingerprint density at radius 3 is 2.71 bits per heavy atom. The number of carbonyl (C=O) groups is 2. The van der Waals surface area contributed by atoms with Gasteiger partial charge in [0.15, 0.2) is 0 Å². The third kappa shape index (κ3) is 4.13. The number of phenols is 1. The molecule has 0 spiro atoms. The first-order valence-electron chi connectivity index (χ1n) is 14.1. The Balaban J connectivity index is 1.41. The quantitative estimate of drug-likeness (QED) is 0.562. The first kappa shape index (κ1) is 25.2. The number of primary amides is 1. The summed E-state index contributed by atoms with van der Waals surface area (Å²) in [6.45, 7) is 6.97. The first-order chi connectivity index (χ1) is 18.2. The van der Waals surface area contributed by atoms with Crippen molar-refractivity contribution >= 4 is 11.8 Å². The lowest BCUT2D eigenvalue weighted by Crippen LogP contribution is -2.59. The second-order valence-electron chi connectivity index (χ2n) is 12.1. The zero-order valence-electron chi connectivity index (χ0n) is 22.3. The molecule has 0 radical (unpaired) electrons. The van der Waals surface area contributed by atoms with Crippen molar-refractivity contribution in [1.82, 2.24) is 14.8 Å². The monoisotopic (exact) mass is 518 g/mol. The zero-order chi connectivity index (χ0) is 26.8. The van der Waals surface area contributed by atoms with Gasteiger partial charge in [-0.15, -0.1) is 0 Å². The predicted octanol–water partition coefficient (Wildman–Crippen LogP) is 2.64. The lowest BCUT2D eigenvalue weighted by molar-refractivity contribution is -0.121. The van der Waals surface area contributed by atoms with Gasteiger partial charge in [0.05, 0.1) is 0 Å². The van der Waals surface area contributed by atoms with Crippen LogP contribution in [-0.2, 0) is 23.1 Å². The molecule has 1 aromatic heterocycles. The molecular formula is C30H38N4O4. The lowest BCUT2D eigenvalue weighted by atomic mass is 9.55. The fourth-order valence-electron chi connectivity index (χ4n) is 7.62. The molecule has 4 atom stereocenters. The minimum Gasteiger partial charge on any atom is -0.508 e. The topological polar surface area (TPSA) is 120 Å². The van der Waals surface area contributed by atoms with E-state index in [9.17, 15) is 19.5 Å². The number of likely N-dealkylation sites (tertiary alicyclic amines) is 2. The molecule has 3 fully saturated rings. The van der Waals surface area contributed by atoms with Crippen molar-refractivity contribution in [1.29, 1.82) is 0 Å². The highest BCUT2D eigenvalue weighted by molar-refractivity contribution is 5.97. The summed E-state index contributed by atoms with van der Waals surface area (Å²) in [6.07, 6.45) is 6.21. The van der Waals surface area contributed by atoms with Gasteiger partial charge in [-0.25, -0.2) is 0 Å². The fraction of sp³-hybridized carbons (Fsp3) is 0.567. The molecule has 202 valence electrons. The van der Waals surface area contributed by atoms with E-state index >= 15 is 0 Å². The highest BCUT2D eigenvalue weighted by Crippen LogP contribution is 2.51. The number of phenolic OH excluding ortho intramolecular Hbond substituents is 1. The third-order valence-electron chi connectivity index (χ3n) is 9.88. The van der Waals surface area contributed by atoms with Gasteiger partial charge in [-0.2, -0.15) is 0 Å². The maximum absolute atomic E-state index is 13.4. The van der Waals surface area contributed by atoms with Crippen LogP contribution in [0.1, 0.15) is 71.8 Å². The number of carbonyl (C=O) groups excluding carboxylic acids is 2. The SMILES string of the molecule is Cc1ccc(O)cc1[C@]12CCN(CC3CC3)[C@H](C)[C@@H]1Cc1cc(C(=O)N3CCC[C@H]3C(N)=O)c(=O)[nH]c1C2. The van der Waals surface area contributed by atoms with E-state index in [-0.39, 0.29) is 22.6 Å². The summed E-state index contributed by atoms with van der Waals surface area (Å²) in [4.78, 5) is 45.8. The largest absolute Gasteiger partial charge is 0.508 e. The number of piperidine rings is 1. The second kappa shape index (κ2) is 9.26. The van der Waals surface area contributed by atoms with E-state index in [0.717, 1.165) is 54.2 Å². The number of nitrogens with two attached hydrogens (primary N) is 1. The van der Waals surface area contributed by atoms with Crippen LogP contribution in [0.25, 0.3) is 0 Å². The van der Waals surface area contributed by atoms with E-state index in [1.807, 2.05) is 12.1 Å². The molecule has 2 aliphatic heterocycles. The van der Waals surface area contributed by atoms with Gasteiger partial charge in [-0.05, 0) is 112 Å². The lowest BCUT2D eigenvalue weighted by Gasteiger charge is -2.55. The molecule has 8 nitrogen and oxygen atoms in total. The van der Waals surface area contributed by atoms with Crippen LogP contribution in [0.5, 0.6) is 5.75 Å². The Kier molecular flexibility index (Phi) is 6.13. The number of aromatic amines is 1. The van der Waals surface area contributed by atoms with Gasteiger partial charge >= 0.3 is 0 Å². The van der Waals surface area contributed by atoms with Gasteiger partial charge in [0.25, 0.3) is 11.5 Å². The van der Waals surface area contributed by atoms with Crippen LogP contribution in [-0.4, -0.2) is 63.4 Å². The molecule has 2 saturated heterocycles. The Hall–Kier alpha value is -3.13. The van der Waals surface area contributed by atoms with Crippen LogP contribution < -0.4 is 11.3 Å². The molecule has 8 heteroatoms. The minimum absolute atomic E-state index is 0.0937. The average molecular weight is 519 g/mol. The number of nitrogens with one attached hydrogen (secondary N) is 1. The molecule has 6 rings (SSSR count). The summed E-state index contributed by atoms with van der Waals surface area (Å²) in [7, 11) is 0. The van der Waals surface area contributed by atoms with Crippen molar-refractivity contribution in [3.63, 3.8) is 0 Å². The number of benzene rings is 1. The van der Waals surface area contributed by atoms with Crippen molar-refractivity contribution < 1.29 is 14.7 Å². The van der Waals surface area contributed by atoms with Crippen molar-refractivity contribution in [2.45, 2.75) is 76.3 Å². The molecule has 4 N–H and O–H groups in total. The predicted molar refractivity (Wildman–Crippen MR) is 144 cm³/mol. The molecule has 3 heterocycles. The molecule has 2 aromatic rings.